The molecule has 7 atom stereocenters. The van der Waals surface area contributed by atoms with Crippen molar-refractivity contribution in [3.05, 3.63) is 65.2 Å². The summed E-state index contributed by atoms with van der Waals surface area (Å²) < 4.78 is 53.5. The van der Waals surface area contributed by atoms with Gasteiger partial charge in [0.2, 0.25) is 10.0 Å². The van der Waals surface area contributed by atoms with Crippen LogP contribution in [0.15, 0.2) is 53.4 Å². The van der Waals surface area contributed by atoms with E-state index in [-0.39, 0.29) is 66.9 Å². The molecule has 2 unspecified atom stereocenters. The second kappa shape index (κ2) is 15.3. The van der Waals surface area contributed by atoms with E-state index in [0.29, 0.717) is 43.8 Å². The van der Waals surface area contributed by atoms with Gasteiger partial charge < -0.3 is 24.1 Å². The normalized spacial score (nSPS) is 29.0. The third kappa shape index (κ3) is 7.98. The first-order valence-corrected chi connectivity index (χ1v) is 18.5. The number of β-amino-alcohol motifs (C(OH)–C–C–N with tert-alkyl or cyclic N) is 1. The molecule has 0 spiro atoms. The zero-order valence-electron chi connectivity index (χ0n) is 27.1. The van der Waals surface area contributed by atoms with Gasteiger partial charge >= 0.3 is 5.97 Å². The van der Waals surface area contributed by atoms with Crippen molar-refractivity contribution < 1.29 is 42.1 Å². The number of carbonyl (C=O) groups is 2. The van der Waals surface area contributed by atoms with E-state index in [0.717, 1.165) is 37.7 Å². The van der Waals surface area contributed by atoms with E-state index in [1.54, 1.807) is 6.07 Å². The monoisotopic (exact) mass is 669 g/mol. The number of aliphatic hydroxyl groups excluding tert-OH is 1. The van der Waals surface area contributed by atoms with Gasteiger partial charge in [-0.25, -0.2) is 8.42 Å². The number of Topliss-reactive ketones (excluding diaryl/α,β-unsaturated/α-hetero) is 1. The first-order valence-electron chi connectivity index (χ1n) is 17.1. The van der Waals surface area contributed by atoms with E-state index in [4.69, 9.17) is 18.9 Å². The number of fused-ring (bicyclic) bond motifs is 2. The molecule has 0 radical (unpaired) electrons. The molecule has 0 aromatic heterocycles. The third-order valence-electron chi connectivity index (χ3n) is 10.3. The van der Waals surface area contributed by atoms with Crippen molar-refractivity contribution in [2.24, 2.45) is 23.7 Å². The van der Waals surface area contributed by atoms with Crippen molar-refractivity contribution in [3.63, 3.8) is 0 Å². The maximum atomic E-state index is 14.3. The molecule has 0 amide bonds. The number of hydrogen-bond acceptors (Lipinski definition) is 9. The van der Waals surface area contributed by atoms with Crippen molar-refractivity contribution >= 4 is 21.8 Å². The highest BCUT2D eigenvalue weighted by Crippen LogP contribution is 2.49. The van der Waals surface area contributed by atoms with Crippen molar-refractivity contribution in [3.8, 4) is 0 Å². The second-order valence-electron chi connectivity index (χ2n) is 13.6. The van der Waals surface area contributed by atoms with Crippen LogP contribution >= 0.6 is 0 Å². The van der Waals surface area contributed by atoms with Gasteiger partial charge in [-0.05, 0) is 55.9 Å². The molecule has 1 N–H and O–H groups in total. The van der Waals surface area contributed by atoms with Crippen LogP contribution in [-0.4, -0.2) is 81.0 Å². The smallest absolute Gasteiger partial charge is 0.306 e. The van der Waals surface area contributed by atoms with Crippen LogP contribution < -0.4 is 0 Å². The van der Waals surface area contributed by atoms with Crippen LogP contribution in [-0.2, 0) is 46.8 Å². The van der Waals surface area contributed by atoms with Crippen LogP contribution in [0.2, 0.25) is 0 Å². The predicted molar refractivity (Wildman–Crippen MR) is 173 cm³/mol. The van der Waals surface area contributed by atoms with Crippen molar-refractivity contribution in [1.82, 2.24) is 4.31 Å². The number of esters is 1. The average molecular weight is 670 g/mol. The SMILES string of the molecule is CC(=O)c1ccc2c(c1)COCCCCCCCN(C[C@@H](O)[C@@H](CC(=O)O[C@H]1C3CO[C@H]4OC[C@@H]1C4C3)Cc1ccccc1)S2(=O)=O. The van der Waals surface area contributed by atoms with Gasteiger partial charge in [0.1, 0.15) is 6.10 Å². The largest absolute Gasteiger partial charge is 0.462 e. The number of nitrogens with zero attached hydrogens (tertiary/aromatic N) is 1. The molecule has 2 saturated heterocycles. The number of sulfonamides is 1. The average Bonchev–Trinajstić information content (AvgIpc) is 3.59. The first-order chi connectivity index (χ1) is 22.7. The molecule has 1 aliphatic carbocycles. The van der Waals surface area contributed by atoms with E-state index in [1.807, 2.05) is 30.3 Å². The molecule has 1 saturated carbocycles. The topological polar surface area (TPSA) is 129 Å². The van der Waals surface area contributed by atoms with Crippen molar-refractivity contribution in [1.29, 1.82) is 0 Å². The molecule has 6 rings (SSSR count). The number of aliphatic hydroxyl groups is 1. The molecule has 2 aromatic rings. The van der Waals surface area contributed by atoms with Gasteiger partial charge in [0, 0.05) is 48.9 Å². The minimum Gasteiger partial charge on any atom is -0.462 e. The Morgan fingerprint density at radius 2 is 1.77 bits per heavy atom. The molecule has 3 heterocycles. The first kappa shape index (κ1) is 34.2. The van der Waals surface area contributed by atoms with Gasteiger partial charge in [0.25, 0.3) is 0 Å². The number of ketones is 1. The Kier molecular flexibility index (Phi) is 11.1. The van der Waals surface area contributed by atoms with Crippen LogP contribution in [0.3, 0.4) is 0 Å². The Labute approximate surface area is 277 Å². The zero-order valence-corrected chi connectivity index (χ0v) is 27.9. The quantitative estimate of drug-likeness (QED) is 0.303. The lowest BCUT2D eigenvalue weighted by Crippen LogP contribution is -2.42. The lowest BCUT2D eigenvalue weighted by atomic mass is 9.90. The van der Waals surface area contributed by atoms with Gasteiger partial charge in [-0.2, -0.15) is 4.31 Å². The number of rotatable bonds is 9. The molecular formula is C36H47NO9S. The lowest BCUT2D eigenvalue weighted by molar-refractivity contribution is -0.178. The van der Waals surface area contributed by atoms with Crippen LogP contribution in [0, 0.1) is 23.7 Å². The maximum absolute atomic E-state index is 14.3. The summed E-state index contributed by atoms with van der Waals surface area (Å²) in [5.74, 6) is -0.672. The van der Waals surface area contributed by atoms with Gasteiger partial charge in [-0.3, -0.25) is 9.59 Å². The second-order valence-corrected chi connectivity index (χ2v) is 15.5. The fraction of sp³-hybridized carbons (Fsp3) is 0.611. The van der Waals surface area contributed by atoms with Crippen LogP contribution in [0.25, 0.3) is 0 Å². The number of hydrogen-bond donors (Lipinski definition) is 1. The van der Waals surface area contributed by atoms with Crippen molar-refractivity contribution in [2.75, 3.05) is 32.9 Å². The van der Waals surface area contributed by atoms with E-state index in [2.05, 4.69) is 0 Å². The maximum Gasteiger partial charge on any atom is 0.306 e. The summed E-state index contributed by atoms with van der Waals surface area (Å²) in [6.07, 6.45) is 3.87. The minimum absolute atomic E-state index is 0.0535. The Morgan fingerprint density at radius 3 is 2.57 bits per heavy atom. The molecule has 2 bridgehead atoms. The molecule has 11 heteroatoms. The minimum atomic E-state index is -4.09. The third-order valence-corrected chi connectivity index (χ3v) is 12.3. The predicted octanol–water partition coefficient (Wildman–Crippen LogP) is 4.52. The number of benzene rings is 2. The summed E-state index contributed by atoms with van der Waals surface area (Å²) in [5, 5.41) is 11.8. The zero-order chi connectivity index (χ0) is 33.0. The standard InChI is InChI=1S/C36H47NO9S/c1-24(38)26-12-13-33-28(17-26)21-43-15-9-4-2-3-8-14-37(47(33,41)42)20-32(39)27(16-25-10-6-5-7-11-25)19-34(40)46-35-29-18-30-31(35)23-45-36(30)44-22-29/h5-7,10-13,17,27,29-32,35-36,39H,2-4,8-9,14-16,18-23H2,1H3/t27-,29?,30?,31-,32-,35+,36+/m1/s1. The van der Waals surface area contributed by atoms with Crippen LogP contribution in [0.1, 0.15) is 73.4 Å². The van der Waals surface area contributed by atoms with Crippen molar-refractivity contribution in [2.45, 2.75) is 88.3 Å². The van der Waals surface area contributed by atoms with Gasteiger partial charge in [-0.15, -0.1) is 0 Å². The Hall–Kier alpha value is -2.67. The number of ether oxygens (including phenoxy) is 4. The highest BCUT2D eigenvalue weighted by molar-refractivity contribution is 7.89. The van der Waals surface area contributed by atoms with Crippen LogP contribution in [0.4, 0.5) is 0 Å². The molecular weight excluding hydrogens is 622 g/mol. The Bertz CT molecular complexity index is 1500. The van der Waals surface area contributed by atoms with E-state index >= 15 is 0 Å². The Morgan fingerprint density at radius 1 is 1.00 bits per heavy atom. The summed E-state index contributed by atoms with van der Waals surface area (Å²) in [6.45, 7) is 3.07. The van der Waals surface area contributed by atoms with E-state index in [9.17, 15) is 23.1 Å². The molecule has 10 nitrogen and oxygen atoms in total. The molecule has 3 aliphatic heterocycles. The van der Waals surface area contributed by atoms with Gasteiger partial charge in [0.05, 0.1) is 37.2 Å². The van der Waals surface area contributed by atoms with Gasteiger partial charge in [0.15, 0.2) is 12.1 Å². The lowest BCUT2D eigenvalue weighted by Gasteiger charge is -2.31. The molecule has 4 aliphatic rings. The molecule has 3 fully saturated rings. The summed E-state index contributed by atoms with van der Waals surface area (Å²) in [7, 11) is -4.09. The van der Waals surface area contributed by atoms with E-state index in [1.165, 1.54) is 23.4 Å². The Balaban J connectivity index is 1.23. The fourth-order valence-electron chi connectivity index (χ4n) is 7.70. The van der Waals surface area contributed by atoms with Gasteiger partial charge in [-0.1, -0.05) is 55.7 Å². The highest BCUT2D eigenvalue weighted by atomic mass is 32.2. The summed E-state index contributed by atoms with van der Waals surface area (Å²) in [6, 6.07) is 14.2. The molecule has 2 aromatic carbocycles. The summed E-state index contributed by atoms with van der Waals surface area (Å²) >= 11 is 0. The van der Waals surface area contributed by atoms with Crippen LogP contribution in [0.5, 0.6) is 0 Å². The number of carbonyl (C=O) groups excluding carboxylic acids is 2. The summed E-state index contributed by atoms with van der Waals surface area (Å²) in [5.41, 5.74) is 1.77. The molecule has 256 valence electrons. The summed E-state index contributed by atoms with van der Waals surface area (Å²) in [4.78, 5) is 25.8. The highest BCUT2D eigenvalue weighted by Gasteiger charge is 2.56. The fourth-order valence-corrected chi connectivity index (χ4v) is 9.38. The van der Waals surface area contributed by atoms with E-state index < -0.39 is 28.0 Å². The molecule has 47 heavy (non-hydrogen) atoms.